The highest BCUT2D eigenvalue weighted by molar-refractivity contribution is 5.95. The maximum Gasteiger partial charge on any atom is 0.257 e. The summed E-state index contributed by atoms with van der Waals surface area (Å²) in [4.78, 5) is 24.5. The van der Waals surface area contributed by atoms with Gasteiger partial charge < -0.3 is 4.90 Å². The Labute approximate surface area is 167 Å². The van der Waals surface area contributed by atoms with Gasteiger partial charge in [0, 0.05) is 25.2 Å². The predicted octanol–water partition coefficient (Wildman–Crippen LogP) is 2.38. The van der Waals surface area contributed by atoms with Crippen LogP contribution in [0.5, 0.6) is 0 Å². The van der Waals surface area contributed by atoms with Gasteiger partial charge in [-0.1, -0.05) is 30.3 Å². The van der Waals surface area contributed by atoms with Crippen molar-refractivity contribution < 1.29 is 4.79 Å². The molecule has 1 atom stereocenters. The van der Waals surface area contributed by atoms with Crippen LogP contribution in [0.4, 0.5) is 0 Å². The highest BCUT2D eigenvalue weighted by Gasteiger charge is 2.35. The standard InChI is InChI=1S/C21H21N7O/c1-14-17(13-22-19-8-9-23-28(14)19)21(29)26-10-11-27-20(24-15(2)25-27)18(26)12-16-6-4-3-5-7-16/h3-9,13,18H,10-12H2,1-2H3/t18-/m0/s1. The van der Waals surface area contributed by atoms with Gasteiger partial charge in [0.2, 0.25) is 0 Å². The Kier molecular flexibility index (Phi) is 4.12. The normalized spacial score (nSPS) is 16.2. The third-order valence-corrected chi connectivity index (χ3v) is 5.45. The van der Waals surface area contributed by atoms with Crippen molar-refractivity contribution in [3.8, 4) is 0 Å². The third-order valence-electron chi connectivity index (χ3n) is 5.45. The summed E-state index contributed by atoms with van der Waals surface area (Å²) in [5, 5.41) is 8.79. The number of carbonyl (C=O) groups is 1. The fraction of sp³-hybridized carbons (Fsp3) is 0.286. The monoisotopic (exact) mass is 387 g/mol. The average Bonchev–Trinajstić information content (AvgIpc) is 3.35. The van der Waals surface area contributed by atoms with Crippen LogP contribution in [-0.4, -0.2) is 46.7 Å². The van der Waals surface area contributed by atoms with E-state index in [1.165, 1.54) is 0 Å². The first-order valence-corrected chi connectivity index (χ1v) is 9.67. The highest BCUT2D eigenvalue weighted by atomic mass is 16.2. The van der Waals surface area contributed by atoms with Crippen LogP contribution in [0.3, 0.4) is 0 Å². The molecule has 0 spiro atoms. The fourth-order valence-electron chi connectivity index (χ4n) is 4.02. The zero-order chi connectivity index (χ0) is 20.0. The van der Waals surface area contributed by atoms with Crippen LogP contribution >= 0.6 is 0 Å². The largest absolute Gasteiger partial charge is 0.326 e. The molecule has 5 rings (SSSR count). The van der Waals surface area contributed by atoms with E-state index in [4.69, 9.17) is 0 Å². The number of aromatic nitrogens is 6. The van der Waals surface area contributed by atoms with Crippen molar-refractivity contribution in [3.63, 3.8) is 0 Å². The van der Waals surface area contributed by atoms with Crippen molar-refractivity contribution in [2.24, 2.45) is 0 Å². The molecule has 0 fully saturated rings. The molecular formula is C21H21N7O. The van der Waals surface area contributed by atoms with Gasteiger partial charge in [0.25, 0.3) is 5.91 Å². The topological polar surface area (TPSA) is 81.2 Å². The lowest BCUT2D eigenvalue weighted by molar-refractivity contribution is 0.0606. The molecule has 1 aromatic carbocycles. The van der Waals surface area contributed by atoms with Gasteiger partial charge in [-0.3, -0.25) is 4.79 Å². The van der Waals surface area contributed by atoms with E-state index in [0.717, 1.165) is 28.6 Å². The maximum atomic E-state index is 13.6. The molecule has 4 aromatic rings. The van der Waals surface area contributed by atoms with Crippen molar-refractivity contribution in [3.05, 3.63) is 77.3 Å². The summed E-state index contributed by atoms with van der Waals surface area (Å²) < 4.78 is 3.63. The smallest absolute Gasteiger partial charge is 0.257 e. The summed E-state index contributed by atoms with van der Waals surface area (Å²) in [5.74, 6) is 1.50. The van der Waals surface area contributed by atoms with E-state index in [9.17, 15) is 4.79 Å². The van der Waals surface area contributed by atoms with E-state index < -0.39 is 0 Å². The highest BCUT2D eigenvalue weighted by Crippen LogP contribution is 2.29. The first kappa shape index (κ1) is 17.5. The van der Waals surface area contributed by atoms with E-state index in [2.05, 4.69) is 32.3 Å². The van der Waals surface area contributed by atoms with Gasteiger partial charge >= 0.3 is 0 Å². The molecule has 1 amide bonds. The van der Waals surface area contributed by atoms with Gasteiger partial charge in [0.05, 0.1) is 30.0 Å². The number of carbonyl (C=O) groups excluding carboxylic acids is 1. The zero-order valence-electron chi connectivity index (χ0n) is 16.4. The van der Waals surface area contributed by atoms with Crippen molar-refractivity contribution in [2.45, 2.75) is 32.9 Å². The molecule has 29 heavy (non-hydrogen) atoms. The quantitative estimate of drug-likeness (QED) is 0.539. The van der Waals surface area contributed by atoms with Gasteiger partial charge in [-0.15, -0.1) is 0 Å². The first-order valence-electron chi connectivity index (χ1n) is 9.67. The molecule has 1 aliphatic heterocycles. The van der Waals surface area contributed by atoms with Crippen molar-refractivity contribution in [1.82, 2.24) is 34.3 Å². The van der Waals surface area contributed by atoms with E-state index in [1.807, 2.05) is 47.7 Å². The van der Waals surface area contributed by atoms with Crippen LogP contribution in [0.1, 0.15) is 39.3 Å². The summed E-state index contributed by atoms with van der Waals surface area (Å²) in [6.07, 6.45) is 4.02. The first-order chi connectivity index (χ1) is 14.1. The van der Waals surface area contributed by atoms with E-state index in [-0.39, 0.29) is 11.9 Å². The molecule has 0 saturated heterocycles. The van der Waals surface area contributed by atoms with Crippen LogP contribution in [0.15, 0.2) is 48.8 Å². The zero-order valence-corrected chi connectivity index (χ0v) is 16.4. The van der Waals surface area contributed by atoms with Crippen LogP contribution < -0.4 is 0 Å². The number of rotatable bonds is 3. The SMILES string of the molecule is Cc1nc2n(n1)CCN(C(=O)c1cnc3ccnn3c1C)[C@H]2Cc1ccccc1. The second-order valence-electron chi connectivity index (χ2n) is 7.30. The molecule has 0 N–H and O–H groups in total. The van der Waals surface area contributed by atoms with E-state index in [0.29, 0.717) is 25.1 Å². The number of aryl methyl sites for hydroxylation is 2. The Morgan fingerprint density at radius 2 is 1.97 bits per heavy atom. The molecule has 0 saturated carbocycles. The summed E-state index contributed by atoms with van der Waals surface area (Å²) in [7, 11) is 0. The molecule has 0 aliphatic carbocycles. The third kappa shape index (κ3) is 2.97. The van der Waals surface area contributed by atoms with Gasteiger partial charge in [0.1, 0.15) is 11.6 Å². The minimum atomic E-state index is -0.187. The Morgan fingerprint density at radius 1 is 1.14 bits per heavy atom. The van der Waals surface area contributed by atoms with E-state index >= 15 is 0 Å². The fourth-order valence-corrected chi connectivity index (χ4v) is 4.02. The van der Waals surface area contributed by atoms with E-state index in [1.54, 1.807) is 16.9 Å². The van der Waals surface area contributed by atoms with Crippen molar-refractivity contribution in [2.75, 3.05) is 6.54 Å². The number of benzene rings is 1. The molecule has 146 valence electrons. The molecule has 1 aliphatic rings. The lowest BCUT2D eigenvalue weighted by atomic mass is 10.0. The van der Waals surface area contributed by atoms with Crippen LogP contribution in [-0.2, 0) is 13.0 Å². The van der Waals surface area contributed by atoms with Gasteiger partial charge in [-0.05, 0) is 19.4 Å². The molecule has 0 bridgehead atoms. The Morgan fingerprint density at radius 3 is 2.79 bits per heavy atom. The van der Waals surface area contributed by atoms with Gasteiger partial charge in [0.15, 0.2) is 5.65 Å². The number of fused-ring (bicyclic) bond motifs is 2. The molecule has 8 heteroatoms. The summed E-state index contributed by atoms with van der Waals surface area (Å²) in [6, 6.07) is 11.8. The van der Waals surface area contributed by atoms with Crippen molar-refractivity contribution in [1.29, 1.82) is 0 Å². The lowest BCUT2D eigenvalue weighted by Crippen LogP contribution is -2.44. The Balaban J connectivity index is 1.56. The number of nitrogens with zero attached hydrogens (tertiary/aromatic N) is 7. The molecule has 0 unspecified atom stereocenters. The minimum Gasteiger partial charge on any atom is -0.326 e. The second-order valence-corrected chi connectivity index (χ2v) is 7.30. The maximum absolute atomic E-state index is 13.6. The number of amides is 1. The van der Waals surface area contributed by atoms with Gasteiger partial charge in [-0.2, -0.15) is 10.2 Å². The number of hydrogen-bond donors (Lipinski definition) is 0. The number of hydrogen-bond acceptors (Lipinski definition) is 5. The molecule has 8 nitrogen and oxygen atoms in total. The van der Waals surface area contributed by atoms with Crippen LogP contribution in [0.25, 0.3) is 5.65 Å². The average molecular weight is 387 g/mol. The summed E-state index contributed by atoms with van der Waals surface area (Å²) in [6.45, 7) is 4.99. The molecule has 0 radical (unpaired) electrons. The molecule has 4 heterocycles. The summed E-state index contributed by atoms with van der Waals surface area (Å²) >= 11 is 0. The predicted molar refractivity (Wildman–Crippen MR) is 106 cm³/mol. The minimum absolute atomic E-state index is 0.0553. The molecular weight excluding hydrogens is 366 g/mol. The van der Waals surface area contributed by atoms with Gasteiger partial charge in [-0.25, -0.2) is 19.2 Å². The van der Waals surface area contributed by atoms with Crippen molar-refractivity contribution >= 4 is 11.6 Å². The lowest BCUT2D eigenvalue weighted by Gasteiger charge is -2.35. The van der Waals surface area contributed by atoms with Crippen LogP contribution in [0, 0.1) is 13.8 Å². The van der Waals surface area contributed by atoms with Crippen LogP contribution in [0.2, 0.25) is 0 Å². The summed E-state index contributed by atoms with van der Waals surface area (Å²) in [5.41, 5.74) is 3.23. The second kappa shape index (κ2) is 6.80. The molecule has 3 aromatic heterocycles. The Hall–Kier alpha value is -3.55. The Bertz CT molecular complexity index is 1190.